The summed E-state index contributed by atoms with van der Waals surface area (Å²) in [4.78, 5) is 8.90. The summed E-state index contributed by atoms with van der Waals surface area (Å²) in [5.74, 6) is -1.15. The van der Waals surface area contributed by atoms with Gasteiger partial charge in [-0.3, -0.25) is 0 Å². The molecule has 7 heteroatoms. The van der Waals surface area contributed by atoms with E-state index in [1.54, 1.807) is 18.0 Å². The van der Waals surface area contributed by atoms with Crippen LogP contribution in [0.1, 0.15) is 19.4 Å². The summed E-state index contributed by atoms with van der Waals surface area (Å²) in [7, 11) is 0. The van der Waals surface area contributed by atoms with E-state index in [0.717, 1.165) is 20.3 Å². The Kier molecular flexibility index (Phi) is 4.86. The van der Waals surface area contributed by atoms with Gasteiger partial charge in [0.2, 0.25) is 0 Å². The second-order valence-corrected chi connectivity index (χ2v) is 8.21. The zero-order chi connectivity index (χ0) is 16.6. The molecule has 0 unspecified atom stereocenters. The highest BCUT2D eigenvalue weighted by Crippen LogP contribution is 2.28. The van der Waals surface area contributed by atoms with Crippen molar-refractivity contribution in [2.24, 2.45) is 0 Å². The molecular formula is C16H14F2IN3S. The van der Waals surface area contributed by atoms with Gasteiger partial charge in [-0.15, -0.1) is 0 Å². The Hall–Kier alpha value is -1.22. The average Bonchev–Trinajstić information content (AvgIpc) is 2.74. The third kappa shape index (κ3) is 3.82. The van der Waals surface area contributed by atoms with Crippen LogP contribution in [-0.4, -0.2) is 19.8 Å². The Morgan fingerprint density at radius 1 is 1.17 bits per heavy atom. The Bertz CT molecular complexity index is 844. The van der Waals surface area contributed by atoms with Gasteiger partial charge in [0.1, 0.15) is 11.6 Å². The standard InChI is InChI=1S/C16H14F2IN3S/c1-9(2)23-16-21-15-14(6-13(19)7-20-15)22(16)8-10-3-11(17)5-12(18)4-10/h3-7,9H,8H2,1-2H3. The number of fused-ring (bicyclic) bond motifs is 1. The third-order valence-corrected chi connectivity index (χ3v) is 4.73. The minimum absolute atomic E-state index is 0.342. The number of imidazole rings is 1. The molecule has 2 heterocycles. The number of hydrogen-bond donors (Lipinski definition) is 0. The van der Waals surface area contributed by atoms with Crippen LogP contribution in [0.2, 0.25) is 0 Å². The first kappa shape index (κ1) is 16.6. The molecule has 0 atom stereocenters. The predicted molar refractivity (Wildman–Crippen MR) is 96.7 cm³/mol. The molecule has 2 aromatic heterocycles. The predicted octanol–water partition coefficient (Wildman–Crippen LogP) is 4.86. The summed E-state index contributed by atoms with van der Waals surface area (Å²) in [5.41, 5.74) is 2.07. The Morgan fingerprint density at radius 2 is 1.87 bits per heavy atom. The molecule has 0 spiro atoms. The quantitative estimate of drug-likeness (QED) is 0.425. The molecule has 0 bridgehead atoms. The van der Waals surface area contributed by atoms with E-state index in [4.69, 9.17) is 0 Å². The third-order valence-electron chi connectivity index (χ3n) is 3.14. The molecule has 3 nitrogen and oxygen atoms in total. The maximum absolute atomic E-state index is 13.5. The van der Waals surface area contributed by atoms with Gasteiger partial charge in [0.05, 0.1) is 12.1 Å². The lowest BCUT2D eigenvalue weighted by atomic mass is 10.2. The second kappa shape index (κ2) is 6.72. The van der Waals surface area contributed by atoms with Crippen LogP contribution >= 0.6 is 34.4 Å². The highest BCUT2D eigenvalue weighted by Gasteiger charge is 2.15. The van der Waals surface area contributed by atoms with Gasteiger partial charge in [-0.25, -0.2) is 18.7 Å². The van der Waals surface area contributed by atoms with Crippen molar-refractivity contribution < 1.29 is 8.78 Å². The first-order chi connectivity index (χ1) is 10.9. The molecule has 23 heavy (non-hydrogen) atoms. The van der Waals surface area contributed by atoms with Gasteiger partial charge in [-0.2, -0.15) is 0 Å². The van der Waals surface area contributed by atoms with Gasteiger partial charge >= 0.3 is 0 Å². The Balaban J connectivity index is 2.11. The molecule has 3 rings (SSSR count). The zero-order valence-corrected chi connectivity index (χ0v) is 15.5. The van der Waals surface area contributed by atoms with Gasteiger partial charge in [0.15, 0.2) is 10.8 Å². The average molecular weight is 445 g/mol. The van der Waals surface area contributed by atoms with Gasteiger partial charge in [0.25, 0.3) is 0 Å². The molecular weight excluding hydrogens is 431 g/mol. The number of aromatic nitrogens is 3. The van der Waals surface area contributed by atoms with Crippen molar-refractivity contribution in [3.63, 3.8) is 0 Å². The number of hydrogen-bond acceptors (Lipinski definition) is 3. The van der Waals surface area contributed by atoms with E-state index in [1.165, 1.54) is 12.1 Å². The number of rotatable bonds is 4. The van der Waals surface area contributed by atoms with Gasteiger partial charge in [-0.1, -0.05) is 25.6 Å². The zero-order valence-electron chi connectivity index (χ0n) is 12.6. The topological polar surface area (TPSA) is 30.7 Å². The molecule has 0 aliphatic heterocycles. The summed E-state index contributed by atoms with van der Waals surface area (Å²) in [6.07, 6.45) is 1.76. The fourth-order valence-electron chi connectivity index (χ4n) is 2.30. The normalized spacial score (nSPS) is 11.6. The van der Waals surface area contributed by atoms with Crippen LogP contribution in [0.5, 0.6) is 0 Å². The van der Waals surface area contributed by atoms with Crippen LogP contribution in [0.4, 0.5) is 8.78 Å². The van der Waals surface area contributed by atoms with E-state index < -0.39 is 11.6 Å². The second-order valence-electron chi connectivity index (χ2n) is 5.42. The summed E-state index contributed by atoms with van der Waals surface area (Å²) in [6.45, 7) is 4.50. The van der Waals surface area contributed by atoms with Gasteiger partial charge in [0, 0.05) is 21.1 Å². The van der Waals surface area contributed by atoms with Crippen LogP contribution in [0.25, 0.3) is 11.2 Å². The molecule has 3 aromatic rings. The van der Waals surface area contributed by atoms with Gasteiger partial charge in [-0.05, 0) is 46.4 Å². The molecule has 0 fully saturated rings. The molecule has 0 aliphatic carbocycles. The van der Waals surface area contributed by atoms with Crippen molar-refractivity contribution in [1.82, 2.24) is 14.5 Å². The van der Waals surface area contributed by atoms with Crippen LogP contribution in [0, 0.1) is 15.2 Å². The van der Waals surface area contributed by atoms with Crippen molar-refractivity contribution in [2.45, 2.75) is 30.8 Å². The highest BCUT2D eigenvalue weighted by molar-refractivity contribution is 14.1. The first-order valence-corrected chi connectivity index (χ1v) is 9.01. The fourth-order valence-corrected chi connectivity index (χ4v) is 3.58. The van der Waals surface area contributed by atoms with Crippen molar-refractivity contribution in [3.05, 3.63) is 51.2 Å². The van der Waals surface area contributed by atoms with E-state index in [9.17, 15) is 8.78 Å². The molecule has 1 aromatic carbocycles. The summed E-state index contributed by atoms with van der Waals surface area (Å²) in [5, 5.41) is 1.14. The number of halogens is 3. The number of pyridine rings is 1. The van der Waals surface area contributed by atoms with Crippen LogP contribution in [-0.2, 0) is 6.54 Å². The molecule has 0 amide bonds. The van der Waals surface area contributed by atoms with E-state index in [-0.39, 0.29) is 0 Å². The summed E-state index contributed by atoms with van der Waals surface area (Å²) >= 11 is 3.80. The minimum Gasteiger partial charge on any atom is -0.313 e. The van der Waals surface area contributed by atoms with E-state index in [0.29, 0.717) is 23.0 Å². The van der Waals surface area contributed by atoms with Gasteiger partial charge < -0.3 is 4.57 Å². The smallest absolute Gasteiger partial charge is 0.178 e. The van der Waals surface area contributed by atoms with E-state index in [2.05, 4.69) is 46.4 Å². The number of nitrogens with zero attached hydrogens (tertiary/aromatic N) is 3. The molecule has 0 radical (unpaired) electrons. The van der Waals surface area contributed by atoms with Crippen molar-refractivity contribution >= 4 is 45.5 Å². The molecule has 0 saturated carbocycles. The number of thioether (sulfide) groups is 1. The number of benzene rings is 1. The summed E-state index contributed by atoms with van der Waals surface area (Å²) in [6, 6.07) is 5.56. The fraction of sp³-hybridized carbons (Fsp3) is 0.250. The van der Waals surface area contributed by atoms with Crippen molar-refractivity contribution in [2.75, 3.05) is 0 Å². The maximum Gasteiger partial charge on any atom is 0.178 e. The van der Waals surface area contributed by atoms with Crippen LogP contribution in [0.15, 0.2) is 35.6 Å². The lowest BCUT2D eigenvalue weighted by Gasteiger charge is -2.11. The highest BCUT2D eigenvalue weighted by atomic mass is 127. The first-order valence-electron chi connectivity index (χ1n) is 7.06. The monoisotopic (exact) mass is 445 g/mol. The molecule has 0 N–H and O–H groups in total. The van der Waals surface area contributed by atoms with Crippen molar-refractivity contribution in [1.29, 1.82) is 0 Å². The molecule has 0 aliphatic rings. The van der Waals surface area contributed by atoms with E-state index >= 15 is 0 Å². The lowest BCUT2D eigenvalue weighted by Crippen LogP contribution is -2.04. The SMILES string of the molecule is CC(C)Sc1nc2ncc(I)cc2n1Cc1cc(F)cc(F)c1. The van der Waals surface area contributed by atoms with Crippen molar-refractivity contribution in [3.8, 4) is 0 Å². The minimum atomic E-state index is -0.574. The largest absolute Gasteiger partial charge is 0.313 e. The lowest BCUT2D eigenvalue weighted by molar-refractivity contribution is 0.576. The summed E-state index contributed by atoms with van der Waals surface area (Å²) < 4.78 is 29.9. The van der Waals surface area contributed by atoms with Crippen LogP contribution in [0.3, 0.4) is 0 Å². The molecule has 120 valence electrons. The Labute approximate surface area is 150 Å². The Morgan fingerprint density at radius 3 is 2.52 bits per heavy atom. The maximum atomic E-state index is 13.5. The molecule has 0 saturated heterocycles. The van der Waals surface area contributed by atoms with E-state index in [1.807, 2.05) is 10.6 Å². The van der Waals surface area contributed by atoms with Crippen LogP contribution < -0.4 is 0 Å².